The third kappa shape index (κ3) is 3.81. The van der Waals surface area contributed by atoms with Crippen LogP contribution in [-0.4, -0.2) is 15.9 Å². The van der Waals surface area contributed by atoms with Gasteiger partial charge in [-0.05, 0) is 17.6 Å². The van der Waals surface area contributed by atoms with Crippen LogP contribution in [0.25, 0.3) is 6.08 Å². The Morgan fingerprint density at radius 3 is 2.56 bits per heavy atom. The average molecular weight is 283 g/mol. The van der Waals surface area contributed by atoms with E-state index < -0.39 is 10.8 Å². The standard InChI is InChI=1S/C13H15BrO2/c1-2-6-11(12(14)13(15)16)9-10-7-4-3-5-8-10/h3-5,7-9,12H,2,6H2,1H3,(H,15,16). The molecule has 0 aliphatic carbocycles. The third-order valence-corrected chi connectivity index (χ3v) is 3.21. The van der Waals surface area contributed by atoms with Crippen molar-refractivity contribution < 1.29 is 9.90 Å². The van der Waals surface area contributed by atoms with E-state index in [-0.39, 0.29) is 0 Å². The van der Waals surface area contributed by atoms with E-state index in [0.717, 1.165) is 24.0 Å². The summed E-state index contributed by atoms with van der Waals surface area (Å²) < 4.78 is 0. The molecule has 2 nitrogen and oxygen atoms in total. The highest BCUT2D eigenvalue weighted by Gasteiger charge is 2.17. The highest BCUT2D eigenvalue weighted by atomic mass is 79.9. The van der Waals surface area contributed by atoms with Crippen molar-refractivity contribution in [1.82, 2.24) is 0 Å². The van der Waals surface area contributed by atoms with Gasteiger partial charge in [0.2, 0.25) is 0 Å². The van der Waals surface area contributed by atoms with Crippen LogP contribution < -0.4 is 0 Å². The van der Waals surface area contributed by atoms with Crippen molar-refractivity contribution in [3.63, 3.8) is 0 Å². The normalized spacial score (nSPS) is 13.5. The Labute approximate surface area is 104 Å². The highest BCUT2D eigenvalue weighted by Crippen LogP contribution is 2.21. The number of halogens is 1. The van der Waals surface area contributed by atoms with Crippen LogP contribution in [0, 0.1) is 0 Å². The first-order valence-corrected chi connectivity index (χ1v) is 6.19. The smallest absolute Gasteiger partial charge is 0.321 e. The topological polar surface area (TPSA) is 37.3 Å². The van der Waals surface area contributed by atoms with Gasteiger partial charge in [-0.1, -0.05) is 65.7 Å². The molecule has 16 heavy (non-hydrogen) atoms. The summed E-state index contributed by atoms with van der Waals surface area (Å²) in [4.78, 5) is 10.3. The predicted molar refractivity (Wildman–Crippen MR) is 69.7 cm³/mol. The third-order valence-electron chi connectivity index (χ3n) is 2.23. The van der Waals surface area contributed by atoms with Crippen LogP contribution in [0.5, 0.6) is 0 Å². The van der Waals surface area contributed by atoms with Gasteiger partial charge in [-0.25, -0.2) is 0 Å². The van der Waals surface area contributed by atoms with Crippen molar-refractivity contribution in [3.8, 4) is 0 Å². The molecule has 1 N–H and O–H groups in total. The van der Waals surface area contributed by atoms with Gasteiger partial charge in [0.05, 0.1) is 0 Å². The molecule has 0 aliphatic rings. The summed E-state index contributed by atoms with van der Waals surface area (Å²) in [7, 11) is 0. The minimum atomic E-state index is -0.837. The molecule has 0 fully saturated rings. The quantitative estimate of drug-likeness (QED) is 0.836. The molecule has 0 spiro atoms. The first kappa shape index (κ1) is 13.0. The van der Waals surface area contributed by atoms with Crippen LogP contribution in [0.4, 0.5) is 0 Å². The van der Waals surface area contributed by atoms with Gasteiger partial charge in [-0.2, -0.15) is 0 Å². The highest BCUT2D eigenvalue weighted by molar-refractivity contribution is 9.10. The van der Waals surface area contributed by atoms with E-state index in [1.54, 1.807) is 0 Å². The van der Waals surface area contributed by atoms with E-state index in [1.165, 1.54) is 0 Å². The molecule has 1 atom stereocenters. The molecule has 0 amide bonds. The fourth-order valence-corrected chi connectivity index (χ4v) is 1.84. The van der Waals surface area contributed by atoms with Crippen LogP contribution in [0.2, 0.25) is 0 Å². The zero-order chi connectivity index (χ0) is 12.0. The summed E-state index contributed by atoms with van der Waals surface area (Å²) in [5.41, 5.74) is 1.94. The minimum Gasteiger partial charge on any atom is -0.480 e. The molecular weight excluding hydrogens is 268 g/mol. The van der Waals surface area contributed by atoms with Crippen molar-refractivity contribution in [1.29, 1.82) is 0 Å². The molecule has 1 aromatic carbocycles. The number of alkyl halides is 1. The Bertz CT molecular complexity index is 371. The van der Waals surface area contributed by atoms with Crippen LogP contribution in [0.1, 0.15) is 25.3 Å². The molecule has 0 saturated carbocycles. The monoisotopic (exact) mass is 282 g/mol. The molecule has 0 heterocycles. The van der Waals surface area contributed by atoms with Crippen LogP contribution in [-0.2, 0) is 4.79 Å². The van der Waals surface area contributed by atoms with Crippen LogP contribution >= 0.6 is 15.9 Å². The number of aliphatic carboxylic acids is 1. The number of carbonyl (C=O) groups is 1. The molecule has 3 heteroatoms. The number of benzene rings is 1. The molecule has 0 bridgehead atoms. The van der Waals surface area contributed by atoms with Crippen LogP contribution in [0.3, 0.4) is 0 Å². The fourth-order valence-electron chi connectivity index (χ4n) is 1.48. The zero-order valence-electron chi connectivity index (χ0n) is 9.19. The first-order valence-electron chi connectivity index (χ1n) is 5.27. The number of carboxylic acids is 1. The summed E-state index contributed by atoms with van der Waals surface area (Å²) >= 11 is 3.20. The SMILES string of the molecule is CCCC(=Cc1ccccc1)C(Br)C(=O)O. The molecule has 0 aromatic heterocycles. The van der Waals surface area contributed by atoms with E-state index in [9.17, 15) is 4.79 Å². The molecule has 1 unspecified atom stereocenters. The van der Waals surface area contributed by atoms with Gasteiger partial charge >= 0.3 is 5.97 Å². The van der Waals surface area contributed by atoms with E-state index in [1.807, 2.05) is 43.3 Å². The predicted octanol–water partition coefficient (Wildman–Crippen LogP) is 3.72. The van der Waals surface area contributed by atoms with Gasteiger partial charge in [0.15, 0.2) is 0 Å². The molecular formula is C13H15BrO2. The summed E-state index contributed by atoms with van der Waals surface area (Å²) in [6.45, 7) is 2.04. The molecule has 0 saturated heterocycles. The van der Waals surface area contributed by atoms with Gasteiger partial charge < -0.3 is 5.11 Å². The maximum atomic E-state index is 10.9. The molecule has 0 radical (unpaired) electrons. The van der Waals surface area contributed by atoms with Gasteiger partial charge in [0.1, 0.15) is 4.83 Å². The van der Waals surface area contributed by atoms with E-state index >= 15 is 0 Å². The van der Waals surface area contributed by atoms with E-state index in [4.69, 9.17) is 5.11 Å². The second kappa shape index (κ2) is 6.48. The number of carboxylic acid groups (broad SMARTS) is 1. The van der Waals surface area contributed by atoms with E-state index in [2.05, 4.69) is 15.9 Å². The number of hydrogen-bond donors (Lipinski definition) is 1. The fraction of sp³-hybridized carbons (Fsp3) is 0.308. The number of hydrogen-bond acceptors (Lipinski definition) is 1. The van der Waals surface area contributed by atoms with E-state index in [0.29, 0.717) is 0 Å². The minimum absolute atomic E-state index is 0.590. The molecule has 86 valence electrons. The summed E-state index contributed by atoms with van der Waals surface area (Å²) in [5.74, 6) is -0.837. The molecule has 1 aromatic rings. The van der Waals surface area contributed by atoms with Crippen molar-refractivity contribution in [2.24, 2.45) is 0 Å². The van der Waals surface area contributed by atoms with Gasteiger partial charge in [-0.15, -0.1) is 0 Å². The van der Waals surface area contributed by atoms with Crippen LogP contribution in [0.15, 0.2) is 35.9 Å². The maximum Gasteiger partial charge on any atom is 0.321 e. The Balaban J connectivity index is 2.93. The number of rotatable bonds is 5. The zero-order valence-corrected chi connectivity index (χ0v) is 10.8. The van der Waals surface area contributed by atoms with Crippen molar-refractivity contribution in [2.75, 3.05) is 0 Å². The maximum absolute atomic E-state index is 10.9. The van der Waals surface area contributed by atoms with Gasteiger partial charge in [0.25, 0.3) is 0 Å². The summed E-state index contributed by atoms with van der Waals surface area (Å²) in [5, 5.41) is 8.97. The van der Waals surface area contributed by atoms with Crippen molar-refractivity contribution in [3.05, 3.63) is 41.5 Å². The molecule has 1 rings (SSSR count). The second-order valence-electron chi connectivity index (χ2n) is 3.58. The summed E-state index contributed by atoms with van der Waals surface area (Å²) in [6, 6.07) is 9.77. The van der Waals surface area contributed by atoms with Gasteiger partial charge in [-0.3, -0.25) is 4.79 Å². The lowest BCUT2D eigenvalue weighted by Crippen LogP contribution is -2.15. The average Bonchev–Trinajstić information content (AvgIpc) is 2.29. The largest absolute Gasteiger partial charge is 0.480 e. The Morgan fingerprint density at radius 1 is 1.44 bits per heavy atom. The lowest BCUT2D eigenvalue weighted by molar-refractivity contribution is -0.135. The summed E-state index contributed by atoms with van der Waals surface area (Å²) in [6.07, 6.45) is 3.67. The van der Waals surface area contributed by atoms with Crippen molar-refractivity contribution in [2.45, 2.75) is 24.6 Å². The molecule has 0 aliphatic heterocycles. The Kier molecular flexibility index (Phi) is 5.26. The lowest BCUT2D eigenvalue weighted by Gasteiger charge is -2.09. The van der Waals surface area contributed by atoms with Crippen molar-refractivity contribution >= 4 is 28.0 Å². The second-order valence-corrected chi connectivity index (χ2v) is 4.50. The van der Waals surface area contributed by atoms with Gasteiger partial charge in [0, 0.05) is 0 Å². The lowest BCUT2D eigenvalue weighted by atomic mass is 10.0. The Morgan fingerprint density at radius 2 is 2.06 bits per heavy atom. The first-order chi connectivity index (χ1) is 7.65. The Hall–Kier alpha value is -1.09.